The lowest BCUT2D eigenvalue weighted by atomic mass is 10.1. The maximum absolute atomic E-state index is 12.8. The molecule has 0 heterocycles. The Labute approximate surface area is 140 Å². The first-order valence-corrected chi connectivity index (χ1v) is 8.94. The van der Waals surface area contributed by atoms with Crippen LogP contribution in [0.1, 0.15) is 28.8 Å². The summed E-state index contributed by atoms with van der Waals surface area (Å²) in [4.78, 5) is 10.8. The zero-order valence-electron chi connectivity index (χ0n) is 12.9. The summed E-state index contributed by atoms with van der Waals surface area (Å²) in [5, 5.41) is 8.91. The zero-order chi connectivity index (χ0) is 17.6. The van der Waals surface area contributed by atoms with E-state index in [9.17, 15) is 17.6 Å². The molecule has 0 amide bonds. The molecule has 0 saturated heterocycles. The molecular formula is C17H18FNO4S. The monoisotopic (exact) mass is 351 g/mol. The first-order chi connectivity index (χ1) is 11.4. The predicted octanol–water partition coefficient (Wildman–Crippen LogP) is 2.83. The van der Waals surface area contributed by atoms with Gasteiger partial charge in [-0.3, -0.25) is 0 Å². The summed E-state index contributed by atoms with van der Waals surface area (Å²) >= 11 is 0. The molecule has 5 nitrogen and oxygen atoms in total. The van der Waals surface area contributed by atoms with Gasteiger partial charge in [0.1, 0.15) is 5.82 Å². The number of carboxylic acid groups (broad SMARTS) is 1. The fourth-order valence-corrected chi connectivity index (χ4v) is 3.31. The minimum Gasteiger partial charge on any atom is -0.478 e. The fraction of sp³-hybridized carbons (Fsp3) is 0.235. The van der Waals surface area contributed by atoms with Gasteiger partial charge in [-0.05, 0) is 55.2 Å². The van der Waals surface area contributed by atoms with Gasteiger partial charge in [0.05, 0.1) is 10.5 Å². The van der Waals surface area contributed by atoms with Gasteiger partial charge in [-0.15, -0.1) is 0 Å². The van der Waals surface area contributed by atoms with Crippen LogP contribution >= 0.6 is 0 Å². The van der Waals surface area contributed by atoms with Crippen LogP contribution < -0.4 is 4.72 Å². The van der Waals surface area contributed by atoms with Crippen molar-refractivity contribution in [1.82, 2.24) is 4.72 Å². The highest BCUT2D eigenvalue weighted by Gasteiger charge is 2.15. The van der Waals surface area contributed by atoms with E-state index in [1.807, 2.05) is 0 Å². The second-order valence-corrected chi connectivity index (χ2v) is 7.08. The number of sulfonamides is 1. The van der Waals surface area contributed by atoms with Crippen molar-refractivity contribution < 1.29 is 22.7 Å². The van der Waals surface area contributed by atoms with Crippen LogP contribution in [0.2, 0.25) is 0 Å². The molecule has 0 spiro atoms. The number of nitrogens with one attached hydrogen (secondary N) is 1. The van der Waals surface area contributed by atoms with Crippen molar-refractivity contribution in [1.29, 1.82) is 0 Å². The normalized spacial score (nSPS) is 11.4. The Hall–Kier alpha value is -2.25. The molecule has 0 saturated carbocycles. The van der Waals surface area contributed by atoms with Crippen molar-refractivity contribution in [3.05, 3.63) is 65.5 Å². The molecule has 0 unspecified atom stereocenters. The SMILES string of the molecule is O=C(O)c1cccc(S(=O)(=O)NCCCCc2ccc(F)cc2)c1. The molecule has 2 N–H and O–H groups in total. The summed E-state index contributed by atoms with van der Waals surface area (Å²) in [6.07, 6.45) is 2.11. The highest BCUT2D eigenvalue weighted by atomic mass is 32.2. The van der Waals surface area contributed by atoms with Gasteiger partial charge in [0, 0.05) is 6.54 Å². The van der Waals surface area contributed by atoms with Gasteiger partial charge in [0.15, 0.2) is 0 Å². The lowest BCUT2D eigenvalue weighted by Crippen LogP contribution is -2.25. The minimum atomic E-state index is -3.73. The van der Waals surface area contributed by atoms with E-state index in [0.29, 0.717) is 6.42 Å². The summed E-state index contributed by atoms with van der Waals surface area (Å²) in [7, 11) is -3.73. The summed E-state index contributed by atoms with van der Waals surface area (Å²) in [5.41, 5.74) is 0.919. The van der Waals surface area contributed by atoms with Crippen molar-refractivity contribution >= 4 is 16.0 Å². The van der Waals surface area contributed by atoms with Crippen LogP contribution in [-0.4, -0.2) is 26.0 Å². The molecule has 0 aliphatic heterocycles. The van der Waals surface area contributed by atoms with Crippen molar-refractivity contribution in [3.8, 4) is 0 Å². The smallest absolute Gasteiger partial charge is 0.335 e. The molecule has 0 aromatic heterocycles. The first-order valence-electron chi connectivity index (χ1n) is 7.46. The van der Waals surface area contributed by atoms with Crippen LogP contribution in [0.3, 0.4) is 0 Å². The third-order valence-corrected chi connectivity index (χ3v) is 4.95. The first kappa shape index (κ1) is 18.1. The van der Waals surface area contributed by atoms with Gasteiger partial charge in [0.25, 0.3) is 0 Å². The van der Waals surface area contributed by atoms with Crippen molar-refractivity contribution in [2.45, 2.75) is 24.2 Å². The average molecular weight is 351 g/mol. The molecule has 0 atom stereocenters. The zero-order valence-corrected chi connectivity index (χ0v) is 13.7. The van der Waals surface area contributed by atoms with Crippen LogP contribution in [0.5, 0.6) is 0 Å². The largest absolute Gasteiger partial charge is 0.478 e. The molecule has 128 valence electrons. The fourth-order valence-electron chi connectivity index (χ4n) is 2.19. The molecular weight excluding hydrogens is 333 g/mol. The Balaban J connectivity index is 1.83. The van der Waals surface area contributed by atoms with Crippen molar-refractivity contribution in [2.75, 3.05) is 6.54 Å². The number of aryl methyl sites for hydroxylation is 1. The molecule has 0 aliphatic carbocycles. The predicted molar refractivity (Wildman–Crippen MR) is 87.9 cm³/mol. The lowest BCUT2D eigenvalue weighted by Gasteiger charge is -2.07. The van der Waals surface area contributed by atoms with Gasteiger partial charge >= 0.3 is 5.97 Å². The number of halogens is 1. The van der Waals surface area contributed by atoms with Crippen molar-refractivity contribution in [2.24, 2.45) is 0 Å². The number of carbonyl (C=O) groups is 1. The Morgan fingerprint density at radius 1 is 1.08 bits per heavy atom. The number of hydrogen-bond acceptors (Lipinski definition) is 3. The van der Waals surface area contributed by atoms with Crippen LogP contribution in [0.15, 0.2) is 53.4 Å². The van der Waals surface area contributed by atoms with Crippen LogP contribution in [-0.2, 0) is 16.4 Å². The Morgan fingerprint density at radius 3 is 2.46 bits per heavy atom. The molecule has 0 radical (unpaired) electrons. The lowest BCUT2D eigenvalue weighted by molar-refractivity contribution is 0.0696. The molecule has 2 aromatic rings. The van der Waals surface area contributed by atoms with E-state index in [0.717, 1.165) is 24.5 Å². The van der Waals surface area contributed by atoms with E-state index >= 15 is 0 Å². The molecule has 0 aliphatic rings. The molecule has 7 heteroatoms. The molecule has 0 fully saturated rings. The molecule has 2 rings (SSSR count). The summed E-state index contributed by atoms with van der Waals surface area (Å²) in [6.45, 7) is 0.251. The number of aromatic carboxylic acids is 1. The highest BCUT2D eigenvalue weighted by molar-refractivity contribution is 7.89. The number of unbranched alkanes of at least 4 members (excludes halogenated alkanes) is 1. The number of benzene rings is 2. The van der Waals surface area contributed by atoms with E-state index < -0.39 is 16.0 Å². The molecule has 2 aromatic carbocycles. The third-order valence-electron chi connectivity index (χ3n) is 3.49. The van der Waals surface area contributed by atoms with Crippen LogP contribution in [0, 0.1) is 5.82 Å². The van der Waals surface area contributed by atoms with Crippen LogP contribution in [0.4, 0.5) is 4.39 Å². The van der Waals surface area contributed by atoms with Gasteiger partial charge in [-0.2, -0.15) is 0 Å². The molecule has 0 bridgehead atoms. The maximum atomic E-state index is 12.8. The van der Waals surface area contributed by atoms with E-state index in [-0.39, 0.29) is 22.8 Å². The third kappa shape index (κ3) is 5.14. The number of carboxylic acids is 1. The Morgan fingerprint density at radius 2 is 1.79 bits per heavy atom. The maximum Gasteiger partial charge on any atom is 0.335 e. The van der Waals surface area contributed by atoms with Crippen LogP contribution in [0.25, 0.3) is 0 Å². The Bertz CT molecular complexity index is 804. The van der Waals surface area contributed by atoms with E-state index in [4.69, 9.17) is 5.11 Å². The van der Waals surface area contributed by atoms with E-state index in [2.05, 4.69) is 4.72 Å². The second-order valence-electron chi connectivity index (χ2n) is 5.31. The number of rotatable bonds is 8. The van der Waals surface area contributed by atoms with E-state index in [1.54, 1.807) is 12.1 Å². The topological polar surface area (TPSA) is 83.5 Å². The number of hydrogen-bond donors (Lipinski definition) is 2. The van der Waals surface area contributed by atoms with Gasteiger partial charge in [-0.1, -0.05) is 18.2 Å². The standard InChI is InChI=1S/C17H18FNO4S/c18-15-9-7-13(8-10-15)4-1-2-11-19-24(22,23)16-6-3-5-14(12-16)17(20)21/h3,5-10,12,19H,1-2,4,11H2,(H,20,21). The van der Waals surface area contributed by atoms with Gasteiger partial charge in [0.2, 0.25) is 10.0 Å². The summed E-state index contributed by atoms with van der Waals surface area (Å²) in [6, 6.07) is 11.4. The van der Waals surface area contributed by atoms with E-state index in [1.165, 1.54) is 30.3 Å². The summed E-state index contributed by atoms with van der Waals surface area (Å²) in [5.74, 6) is -1.46. The quantitative estimate of drug-likeness (QED) is 0.717. The van der Waals surface area contributed by atoms with Gasteiger partial charge < -0.3 is 5.11 Å². The summed E-state index contributed by atoms with van der Waals surface area (Å²) < 4.78 is 39.5. The highest BCUT2D eigenvalue weighted by Crippen LogP contribution is 2.12. The Kier molecular flexibility index (Phi) is 6.05. The minimum absolute atomic E-state index is 0.0686. The van der Waals surface area contributed by atoms with Crippen molar-refractivity contribution in [3.63, 3.8) is 0 Å². The second kappa shape index (κ2) is 8.03. The van der Waals surface area contributed by atoms with Gasteiger partial charge in [-0.25, -0.2) is 22.3 Å². The average Bonchev–Trinajstić information content (AvgIpc) is 2.56. The molecule has 24 heavy (non-hydrogen) atoms.